The van der Waals surface area contributed by atoms with E-state index < -0.39 is 17.9 Å². The Labute approximate surface area is 75.3 Å². The highest BCUT2D eigenvalue weighted by molar-refractivity contribution is 5.83. The lowest BCUT2D eigenvalue weighted by Gasteiger charge is -2.10. The SMILES string of the molecule is N#CCCN[C@@H](CC(N)=O)C(=O)O. The molecule has 1 amide bonds. The van der Waals surface area contributed by atoms with Crippen LogP contribution < -0.4 is 11.1 Å². The predicted octanol–water partition coefficient (Wildman–Crippen LogP) is -1.18. The van der Waals surface area contributed by atoms with Crippen LogP contribution in [-0.4, -0.2) is 29.6 Å². The zero-order valence-electron chi connectivity index (χ0n) is 6.99. The Morgan fingerprint density at radius 2 is 2.23 bits per heavy atom. The van der Waals surface area contributed by atoms with Gasteiger partial charge < -0.3 is 16.2 Å². The molecule has 0 aliphatic rings. The van der Waals surface area contributed by atoms with Crippen molar-refractivity contribution in [2.45, 2.75) is 18.9 Å². The van der Waals surface area contributed by atoms with E-state index in [9.17, 15) is 9.59 Å². The number of carbonyl (C=O) groups excluding carboxylic acids is 1. The summed E-state index contributed by atoms with van der Waals surface area (Å²) < 4.78 is 0. The maximum absolute atomic E-state index is 10.5. The fraction of sp³-hybridized carbons (Fsp3) is 0.571. The van der Waals surface area contributed by atoms with Crippen LogP contribution in [-0.2, 0) is 9.59 Å². The van der Waals surface area contributed by atoms with E-state index >= 15 is 0 Å². The molecule has 0 saturated heterocycles. The molecule has 0 aromatic rings. The van der Waals surface area contributed by atoms with Gasteiger partial charge in [-0.05, 0) is 0 Å². The third-order valence-electron chi connectivity index (χ3n) is 1.33. The molecule has 0 aromatic heterocycles. The Morgan fingerprint density at radius 3 is 2.62 bits per heavy atom. The van der Waals surface area contributed by atoms with Gasteiger partial charge in [0.25, 0.3) is 0 Å². The Bertz CT molecular complexity index is 234. The van der Waals surface area contributed by atoms with E-state index in [1.54, 1.807) is 0 Å². The summed E-state index contributed by atoms with van der Waals surface area (Å²) in [6.07, 6.45) is -0.0662. The smallest absolute Gasteiger partial charge is 0.321 e. The van der Waals surface area contributed by atoms with Gasteiger partial charge in [-0.25, -0.2) is 0 Å². The number of carboxylic acid groups (broad SMARTS) is 1. The molecule has 0 aliphatic heterocycles. The number of nitrogens with two attached hydrogens (primary N) is 1. The van der Waals surface area contributed by atoms with Crippen molar-refractivity contribution in [2.24, 2.45) is 5.73 Å². The zero-order chi connectivity index (χ0) is 10.3. The zero-order valence-corrected chi connectivity index (χ0v) is 6.99. The minimum Gasteiger partial charge on any atom is -0.480 e. The lowest BCUT2D eigenvalue weighted by atomic mass is 10.2. The Balaban J connectivity index is 3.89. The fourth-order valence-electron chi connectivity index (χ4n) is 0.750. The van der Waals surface area contributed by atoms with Gasteiger partial charge in [-0.15, -0.1) is 0 Å². The third-order valence-corrected chi connectivity index (χ3v) is 1.33. The standard InChI is InChI=1S/C7H11N3O3/c8-2-1-3-10-5(7(12)13)4-6(9)11/h5,10H,1,3-4H2,(H2,9,11)(H,12,13)/t5-/m0/s1. The van der Waals surface area contributed by atoms with Crippen molar-refractivity contribution in [3.8, 4) is 6.07 Å². The molecule has 13 heavy (non-hydrogen) atoms. The minimum atomic E-state index is -1.14. The molecule has 1 atom stereocenters. The van der Waals surface area contributed by atoms with Crippen molar-refractivity contribution < 1.29 is 14.7 Å². The summed E-state index contributed by atoms with van der Waals surface area (Å²) in [7, 11) is 0. The number of hydrogen-bond acceptors (Lipinski definition) is 4. The van der Waals surface area contributed by atoms with Gasteiger partial charge in [-0.3, -0.25) is 9.59 Å². The number of hydrogen-bond donors (Lipinski definition) is 3. The summed E-state index contributed by atoms with van der Waals surface area (Å²) in [5.41, 5.74) is 4.83. The number of carbonyl (C=O) groups is 2. The van der Waals surface area contributed by atoms with Gasteiger partial charge in [0.05, 0.1) is 12.5 Å². The van der Waals surface area contributed by atoms with E-state index in [1.807, 2.05) is 6.07 Å². The lowest BCUT2D eigenvalue weighted by molar-refractivity contribution is -0.141. The van der Waals surface area contributed by atoms with E-state index in [0.29, 0.717) is 0 Å². The molecule has 0 unspecified atom stereocenters. The van der Waals surface area contributed by atoms with Crippen molar-refractivity contribution in [1.29, 1.82) is 5.26 Å². The number of carboxylic acids is 1. The van der Waals surface area contributed by atoms with Gasteiger partial charge >= 0.3 is 5.97 Å². The molecule has 0 aromatic carbocycles. The average molecular weight is 185 g/mol. The lowest BCUT2D eigenvalue weighted by Crippen LogP contribution is -2.40. The Morgan fingerprint density at radius 1 is 1.62 bits per heavy atom. The molecular weight excluding hydrogens is 174 g/mol. The van der Waals surface area contributed by atoms with E-state index in [1.165, 1.54) is 0 Å². The maximum Gasteiger partial charge on any atom is 0.321 e. The molecule has 0 spiro atoms. The monoisotopic (exact) mass is 185 g/mol. The van der Waals surface area contributed by atoms with Gasteiger partial charge in [0.15, 0.2) is 0 Å². The molecular formula is C7H11N3O3. The molecule has 6 heteroatoms. The van der Waals surface area contributed by atoms with Crippen LogP contribution in [0.3, 0.4) is 0 Å². The highest BCUT2D eigenvalue weighted by Gasteiger charge is 2.18. The molecule has 4 N–H and O–H groups in total. The molecule has 0 fully saturated rings. The number of rotatable bonds is 6. The molecule has 0 radical (unpaired) electrons. The van der Waals surface area contributed by atoms with Crippen LogP contribution in [0.5, 0.6) is 0 Å². The second-order valence-corrected chi connectivity index (χ2v) is 2.42. The summed E-state index contributed by atoms with van der Waals surface area (Å²) in [6.45, 7) is 0.237. The number of aliphatic carboxylic acids is 1. The fourth-order valence-corrected chi connectivity index (χ4v) is 0.750. The van der Waals surface area contributed by atoms with Crippen molar-refractivity contribution in [3.05, 3.63) is 0 Å². The summed E-state index contributed by atoms with van der Waals surface area (Å²) >= 11 is 0. The molecule has 0 saturated carbocycles. The van der Waals surface area contributed by atoms with Gasteiger partial charge in [-0.1, -0.05) is 0 Å². The summed E-state index contributed by atoms with van der Waals surface area (Å²) in [4.78, 5) is 20.9. The number of nitrogens with one attached hydrogen (secondary N) is 1. The second-order valence-electron chi connectivity index (χ2n) is 2.42. The van der Waals surface area contributed by atoms with E-state index in [0.717, 1.165) is 0 Å². The number of amides is 1. The largest absolute Gasteiger partial charge is 0.480 e. The first-order chi connectivity index (χ1) is 6.07. The third kappa shape index (κ3) is 5.64. The summed E-state index contributed by atoms with van der Waals surface area (Å²) in [5, 5.41) is 19.3. The van der Waals surface area contributed by atoms with Crippen LogP contribution in [0.2, 0.25) is 0 Å². The van der Waals surface area contributed by atoms with Crippen LogP contribution in [0.1, 0.15) is 12.8 Å². The topological polar surface area (TPSA) is 116 Å². The number of primary amides is 1. The van der Waals surface area contributed by atoms with Crippen LogP contribution in [0.15, 0.2) is 0 Å². The van der Waals surface area contributed by atoms with Crippen molar-refractivity contribution in [3.63, 3.8) is 0 Å². The van der Waals surface area contributed by atoms with Crippen molar-refractivity contribution >= 4 is 11.9 Å². The van der Waals surface area contributed by atoms with Gasteiger partial charge in [-0.2, -0.15) is 5.26 Å². The van der Waals surface area contributed by atoms with Gasteiger partial charge in [0.1, 0.15) is 6.04 Å². The minimum absolute atomic E-state index is 0.197. The first-order valence-corrected chi connectivity index (χ1v) is 3.69. The molecule has 0 heterocycles. The summed E-state index contributed by atoms with van der Waals surface area (Å²) in [5.74, 6) is -1.83. The average Bonchev–Trinajstić information content (AvgIpc) is 2.02. The summed E-state index contributed by atoms with van der Waals surface area (Å²) in [6, 6.07) is 0.849. The predicted molar refractivity (Wildman–Crippen MR) is 43.5 cm³/mol. The number of nitriles is 1. The Hall–Kier alpha value is -1.61. The van der Waals surface area contributed by atoms with Crippen LogP contribution >= 0.6 is 0 Å². The maximum atomic E-state index is 10.5. The van der Waals surface area contributed by atoms with Crippen LogP contribution in [0.4, 0.5) is 0 Å². The molecule has 6 nitrogen and oxygen atoms in total. The molecule has 0 bridgehead atoms. The van der Waals surface area contributed by atoms with E-state index in [-0.39, 0.29) is 19.4 Å². The van der Waals surface area contributed by atoms with Crippen LogP contribution in [0, 0.1) is 11.3 Å². The van der Waals surface area contributed by atoms with Crippen molar-refractivity contribution in [2.75, 3.05) is 6.54 Å². The van der Waals surface area contributed by atoms with Gasteiger partial charge in [0.2, 0.25) is 5.91 Å². The first kappa shape index (κ1) is 11.4. The van der Waals surface area contributed by atoms with E-state index in [4.69, 9.17) is 16.1 Å². The Kier molecular flexibility index (Phi) is 5.23. The highest BCUT2D eigenvalue weighted by atomic mass is 16.4. The quantitative estimate of drug-likeness (QED) is 0.450. The molecule has 0 rings (SSSR count). The van der Waals surface area contributed by atoms with Crippen LogP contribution in [0.25, 0.3) is 0 Å². The molecule has 0 aliphatic carbocycles. The first-order valence-electron chi connectivity index (χ1n) is 3.69. The van der Waals surface area contributed by atoms with Gasteiger partial charge in [0, 0.05) is 13.0 Å². The molecule has 72 valence electrons. The number of nitrogens with zero attached hydrogens (tertiary/aromatic N) is 1. The second kappa shape index (κ2) is 5.97. The van der Waals surface area contributed by atoms with E-state index in [2.05, 4.69) is 5.32 Å². The highest BCUT2D eigenvalue weighted by Crippen LogP contribution is 1.91. The van der Waals surface area contributed by atoms with Crippen molar-refractivity contribution in [1.82, 2.24) is 5.32 Å². The normalized spacial score (nSPS) is 11.6.